The molecule has 72 valence electrons. The first-order valence-corrected chi connectivity index (χ1v) is 4.37. The molecular formula is C9H10Cl2FN. The fourth-order valence-electron chi connectivity index (χ4n) is 1.50. The van der Waals surface area contributed by atoms with Crippen LogP contribution in [0, 0.1) is 5.82 Å². The van der Waals surface area contributed by atoms with Crippen molar-refractivity contribution >= 4 is 29.7 Å². The molecule has 13 heavy (non-hydrogen) atoms. The lowest BCUT2D eigenvalue weighted by atomic mass is 10.0. The Kier molecular flexibility index (Phi) is 3.40. The molecule has 1 heterocycles. The van der Waals surface area contributed by atoms with Gasteiger partial charge in [0.1, 0.15) is 5.82 Å². The van der Waals surface area contributed by atoms with Crippen LogP contribution < -0.4 is 5.32 Å². The van der Waals surface area contributed by atoms with E-state index < -0.39 is 0 Å². The quantitative estimate of drug-likeness (QED) is 0.710. The number of benzene rings is 1. The molecule has 1 aromatic rings. The standard InChI is InChI=1S/C9H9ClFN.ClH/c10-8-4-6(11)5-9-7(8)2-1-3-12-9;/h4-5,12H,1-3H2;1H. The second kappa shape index (κ2) is 4.16. The van der Waals surface area contributed by atoms with Crippen LogP contribution >= 0.6 is 24.0 Å². The molecule has 1 aromatic carbocycles. The lowest BCUT2D eigenvalue weighted by Gasteiger charge is -2.18. The van der Waals surface area contributed by atoms with Gasteiger partial charge >= 0.3 is 0 Å². The average Bonchev–Trinajstić information content (AvgIpc) is 2.04. The van der Waals surface area contributed by atoms with Gasteiger partial charge in [0, 0.05) is 17.3 Å². The Morgan fingerprint density at radius 2 is 2.15 bits per heavy atom. The molecule has 1 nitrogen and oxygen atoms in total. The number of halogens is 3. The van der Waals surface area contributed by atoms with Gasteiger partial charge in [0.2, 0.25) is 0 Å². The normalized spacial score (nSPS) is 14.0. The summed E-state index contributed by atoms with van der Waals surface area (Å²) >= 11 is 5.87. The maximum Gasteiger partial charge on any atom is 0.126 e. The summed E-state index contributed by atoms with van der Waals surface area (Å²) in [6.07, 6.45) is 2.01. The van der Waals surface area contributed by atoms with Crippen LogP contribution in [0.5, 0.6) is 0 Å². The number of nitrogens with one attached hydrogen (secondary N) is 1. The van der Waals surface area contributed by atoms with Gasteiger partial charge in [0.05, 0.1) is 0 Å². The first-order chi connectivity index (χ1) is 5.77. The second-order valence-electron chi connectivity index (χ2n) is 2.94. The molecular weight excluding hydrogens is 212 g/mol. The third kappa shape index (κ3) is 2.06. The number of anilines is 1. The Hall–Kier alpha value is -0.470. The largest absolute Gasteiger partial charge is 0.385 e. The molecule has 0 amide bonds. The molecule has 0 fully saturated rings. The fraction of sp³-hybridized carbons (Fsp3) is 0.333. The zero-order chi connectivity index (χ0) is 8.55. The molecule has 0 saturated heterocycles. The van der Waals surface area contributed by atoms with Crippen LogP contribution in [-0.4, -0.2) is 6.54 Å². The van der Waals surface area contributed by atoms with Gasteiger partial charge < -0.3 is 5.32 Å². The molecule has 1 aliphatic rings. The first kappa shape index (κ1) is 10.6. The summed E-state index contributed by atoms with van der Waals surface area (Å²) in [6, 6.07) is 2.87. The van der Waals surface area contributed by atoms with E-state index in [1.807, 2.05) is 0 Å². The number of hydrogen-bond donors (Lipinski definition) is 1. The molecule has 2 rings (SSSR count). The molecule has 0 saturated carbocycles. The van der Waals surface area contributed by atoms with Crippen molar-refractivity contribution < 1.29 is 4.39 Å². The minimum Gasteiger partial charge on any atom is -0.385 e. The molecule has 0 unspecified atom stereocenters. The van der Waals surface area contributed by atoms with Crippen LogP contribution in [0.25, 0.3) is 0 Å². The molecule has 4 heteroatoms. The summed E-state index contributed by atoms with van der Waals surface area (Å²) in [5.74, 6) is -0.270. The Balaban J connectivity index is 0.000000845. The Morgan fingerprint density at radius 1 is 1.38 bits per heavy atom. The highest BCUT2D eigenvalue weighted by Gasteiger charge is 2.12. The predicted octanol–water partition coefficient (Wildman–Crippen LogP) is 3.26. The van der Waals surface area contributed by atoms with Crippen LogP contribution in [-0.2, 0) is 6.42 Å². The van der Waals surface area contributed by atoms with Gasteiger partial charge in [-0.05, 0) is 30.5 Å². The van der Waals surface area contributed by atoms with Crippen LogP contribution in [0.4, 0.5) is 10.1 Å². The van der Waals surface area contributed by atoms with E-state index in [0.717, 1.165) is 30.6 Å². The third-order valence-electron chi connectivity index (χ3n) is 2.08. The maximum absolute atomic E-state index is 12.8. The Labute approximate surface area is 87.7 Å². The minimum atomic E-state index is -0.270. The molecule has 0 aliphatic carbocycles. The summed E-state index contributed by atoms with van der Waals surface area (Å²) in [5, 5.41) is 3.66. The first-order valence-electron chi connectivity index (χ1n) is 3.99. The third-order valence-corrected chi connectivity index (χ3v) is 2.42. The second-order valence-corrected chi connectivity index (χ2v) is 3.35. The van der Waals surface area contributed by atoms with E-state index in [4.69, 9.17) is 11.6 Å². The SMILES string of the molecule is Cl.Fc1cc(Cl)c2c(c1)NCCC2. The van der Waals surface area contributed by atoms with E-state index in [1.165, 1.54) is 12.1 Å². The monoisotopic (exact) mass is 221 g/mol. The minimum absolute atomic E-state index is 0. The van der Waals surface area contributed by atoms with Gasteiger partial charge in [-0.25, -0.2) is 4.39 Å². The molecule has 1 aliphatic heterocycles. The summed E-state index contributed by atoms with van der Waals surface area (Å²) < 4.78 is 12.8. The summed E-state index contributed by atoms with van der Waals surface area (Å²) in [4.78, 5) is 0. The predicted molar refractivity (Wildman–Crippen MR) is 55.5 cm³/mol. The molecule has 0 spiro atoms. The van der Waals surface area contributed by atoms with Crippen molar-refractivity contribution in [1.82, 2.24) is 0 Å². The summed E-state index contributed by atoms with van der Waals surface area (Å²) in [5.41, 5.74) is 1.90. The molecule has 0 radical (unpaired) electrons. The van der Waals surface area contributed by atoms with Gasteiger partial charge in [-0.15, -0.1) is 12.4 Å². The molecule has 0 bridgehead atoms. The van der Waals surface area contributed by atoms with Crippen LogP contribution in [0.3, 0.4) is 0 Å². The van der Waals surface area contributed by atoms with Crippen molar-refractivity contribution in [1.29, 1.82) is 0 Å². The fourth-order valence-corrected chi connectivity index (χ4v) is 1.80. The summed E-state index contributed by atoms with van der Waals surface area (Å²) in [6.45, 7) is 0.910. The highest BCUT2D eigenvalue weighted by Crippen LogP contribution is 2.29. The van der Waals surface area contributed by atoms with Crippen LogP contribution in [0.1, 0.15) is 12.0 Å². The topological polar surface area (TPSA) is 12.0 Å². The highest BCUT2D eigenvalue weighted by molar-refractivity contribution is 6.31. The van der Waals surface area contributed by atoms with Gasteiger partial charge in [-0.1, -0.05) is 11.6 Å². The van der Waals surface area contributed by atoms with E-state index in [-0.39, 0.29) is 18.2 Å². The van der Waals surface area contributed by atoms with Crippen molar-refractivity contribution in [2.24, 2.45) is 0 Å². The Bertz CT molecular complexity index is 315. The van der Waals surface area contributed by atoms with E-state index in [2.05, 4.69) is 5.32 Å². The zero-order valence-electron chi connectivity index (χ0n) is 6.94. The van der Waals surface area contributed by atoms with Crippen molar-refractivity contribution in [3.8, 4) is 0 Å². The molecule has 0 atom stereocenters. The van der Waals surface area contributed by atoms with Crippen molar-refractivity contribution in [2.75, 3.05) is 11.9 Å². The van der Waals surface area contributed by atoms with Gasteiger partial charge in [0.15, 0.2) is 0 Å². The van der Waals surface area contributed by atoms with Crippen molar-refractivity contribution in [2.45, 2.75) is 12.8 Å². The maximum atomic E-state index is 12.8. The number of hydrogen-bond acceptors (Lipinski definition) is 1. The van der Waals surface area contributed by atoms with E-state index in [9.17, 15) is 4.39 Å². The van der Waals surface area contributed by atoms with Crippen molar-refractivity contribution in [3.05, 3.63) is 28.5 Å². The zero-order valence-corrected chi connectivity index (χ0v) is 8.51. The smallest absolute Gasteiger partial charge is 0.126 e. The average molecular weight is 222 g/mol. The van der Waals surface area contributed by atoms with E-state index >= 15 is 0 Å². The van der Waals surface area contributed by atoms with Gasteiger partial charge in [-0.2, -0.15) is 0 Å². The van der Waals surface area contributed by atoms with Crippen molar-refractivity contribution in [3.63, 3.8) is 0 Å². The van der Waals surface area contributed by atoms with Gasteiger partial charge in [-0.3, -0.25) is 0 Å². The lowest BCUT2D eigenvalue weighted by molar-refractivity contribution is 0.626. The highest BCUT2D eigenvalue weighted by atomic mass is 35.5. The van der Waals surface area contributed by atoms with Crippen LogP contribution in [0.2, 0.25) is 5.02 Å². The van der Waals surface area contributed by atoms with E-state index in [1.54, 1.807) is 0 Å². The molecule has 0 aromatic heterocycles. The number of fused-ring (bicyclic) bond motifs is 1. The Morgan fingerprint density at radius 3 is 2.92 bits per heavy atom. The summed E-state index contributed by atoms with van der Waals surface area (Å²) in [7, 11) is 0. The van der Waals surface area contributed by atoms with E-state index in [0.29, 0.717) is 5.02 Å². The van der Waals surface area contributed by atoms with Gasteiger partial charge in [0.25, 0.3) is 0 Å². The van der Waals surface area contributed by atoms with Crippen LogP contribution in [0.15, 0.2) is 12.1 Å². The molecule has 1 N–H and O–H groups in total. The lowest BCUT2D eigenvalue weighted by Crippen LogP contribution is -2.12. The number of rotatable bonds is 0.